The Morgan fingerprint density at radius 1 is 1.27 bits per heavy atom. The molecule has 1 aliphatic rings. The van der Waals surface area contributed by atoms with Crippen molar-refractivity contribution in [2.75, 3.05) is 20.1 Å². The monoisotopic (exact) mass is 495 g/mol. The molecular weight excluding hydrogens is 466 g/mol. The Balaban J connectivity index is 1.50. The van der Waals surface area contributed by atoms with Crippen LogP contribution < -0.4 is 5.32 Å². The number of sulfonamides is 1. The van der Waals surface area contributed by atoms with Crippen molar-refractivity contribution in [2.45, 2.75) is 49.6 Å². The van der Waals surface area contributed by atoms with E-state index in [0.717, 1.165) is 19.3 Å². The summed E-state index contributed by atoms with van der Waals surface area (Å²) in [5.74, 6) is 0.578. The van der Waals surface area contributed by atoms with Gasteiger partial charge in [-0.3, -0.25) is 4.98 Å². The molecule has 6 nitrogen and oxygen atoms in total. The number of nitrogens with one attached hydrogen (secondary N) is 1. The van der Waals surface area contributed by atoms with E-state index in [9.17, 15) is 13.5 Å². The maximum absolute atomic E-state index is 12.7. The second kappa shape index (κ2) is 9.44. The van der Waals surface area contributed by atoms with Crippen LogP contribution in [0.3, 0.4) is 0 Å². The average molecular weight is 496 g/mol. The molecule has 30 heavy (non-hydrogen) atoms. The molecule has 1 aliphatic carbocycles. The van der Waals surface area contributed by atoms with E-state index in [2.05, 4.69) is 64.3 Å². The van der Waals surface area contributed by atoms with Crippen LogP contribution >= 0.6 is 15.9 Å². The van der Waals surface area contributed by atoms with Crippen molar-refractivity contribution in [1.29, 1.82) is 0 Å². The highest BCUT2D eigenvalue weighted by Gasteiger charge is 2.29. The van der Waals surface area contributed by atoms with E-state index >= 15 is 0 Å². The Bertz CT molecular complexity index is 956. The minimum Gasteiger partial charge on any atom is -0.390 e. The number of benzene rings is 1. The maximum Gasteiger partial charge on any atom is 0.244 e. The van der Waals surface area contributed by atoms with Crippen molar-refractivity contribution in [1.82, 2.24) is 14.6 Å². The van der Waals surface area contributed by atoms with E-state index in [-0.39, 0.29) is 17.0 Å². The summed E-state index contributed by atoms with van der Waals surface area (Å²) in [7, 11) is -2.23. The largest absolute Gasteiger partial charge is 0.390 e. The van der Waals surface area contributed by atoms with Gasteiger partial charge in [-0.1, -0.05) is 24.3 Å². The Hall–Kier alpha value is -1.32. The Kier molecular flexibility index (Phi) is 7.35. The fourth-order valence-electron chi connectivity index (χ4n) is 4.16. The average Bonchev–Trinajstić information content (AvgIpc) is 3.08. The van der Waals surface area contributed by atoms with E-state index in [1.807, 2.05) is 0 Å². The van der Waals surface area contributed by atoms with Crippen LogP contribution in [-0.2, 0) is 22.9 Å². The first kappa shape index (κ1) is 23.3. The molecule has 1 heterocycles. The van der Waals surface area contributed by atoms with Crippen molar-refractivity contribution in [2.24, 2.45) is 5.92 Å². The molecule has 0 bridgehead atoms. The molecule has 0 aliphatic heterocycles. The molecule has 164 valence electrons. The lowest BCUT2D eigenvalue weighted by atomic mass is 9.88. The first-order chi connectivity index (χ1) is 14.1. The van der Waals surface area contributed by atoms with E-state index in [1.165, 1.54) is 40.9 Å². The fraction of sp³-hybridized carbons (Fsp3) is 0.500. The number of hydrogen-bond donors (Lipinski definition) is 2. The van der Waals surface area contributed by atoms with Crippen LogP contribution in [0.5, 0.6) is 0 Å². The minimum atomic E-state index is -3.71. The quantitative estimate of drug-likeness (QED) is 0.558. The van der Waals surface area contributed by atoms with Gasteiger partial charge < -0.3 is 10.4 Å². The smallest absolute Gasteiger partial charge is 0.244 e. The van der Waals surface area contributed by atoms with E-state index < -0.39 is 16.1 Å². The molecule has 0 radical (unpaired) electrons. The molecule has 0 saturated heterocycles. The Morgan fingerprint density at radius 2 is 1.90 bits per heavy atom. The number of fused-ring (bicyclic) bond motifs is 1. The van der Waals surface area contributed by atoms with Gasteiger partial charge in [-0.2, -0.15) is 4.31 Å². The van der Waals surface area contributed by atoms with Gasteiger partial charge in [0.1, 0.15) is 4.90 Å². The predicted octanol–water partition coefficient (Wildman–Crippen LogP) is 3.00. The van der Waals surface area contributed by atoms with Gasteiger partial charge in [0.2, 0.25) is 10.0 Å². The van der Waals surface area contributed by atoms with Crippen molar-refractivity contribution in [3.63, 3.8) is 0 Å². The summed E-state index contributed by atoms with van der Waals surface area (Å²) in [5.41, 5.74) is 2.72. The molecule has 0 spiro atoms. The Morgan fingerprint density at radius 3 is 2.50 bits per heavy atom. The number of nitrogens with zero attached hydrogens (tertiary/aromatic N) is 2. The summed E-state index contributed by atoms with van der Waals surface area (Å²) >= 11 is 3.24. The van der Waals surface area contributed by atoms with Gasteiger partial charge in [0.05, 0.1) is 6.10 Å². The summed E-state index contributed by atoms with van der Waals surface area (Å²) in [6.45, 7) is 4.60. The van der Waals surface area contributed by atoms with Gasteiger partial charge in [-0.05, 0) is 72.2 Å². The number of aromatic nitrogens is 1. The highest BCUT2D eigenvalue weighted by atomic mass is 79.9. The summed E-state index contributed by atoms with van der Waals surface area (Å²) in [4.78, 5) is 4.01. The van der Waals surface area contributed by atoms with Crippen molar-refractivity contribution in [3.05, 3.63) is 58.3 Å². The lowest BCUT2D eigenvalue weighted by Gasteiger charge is -2.31. The molecule has 0 amide bonds. The third-order valence-electron chi connectivity index (χ3n) is 5.61. The Labute approximate surface area is 187 Å². The van der Waals surface area contributed by atoms with Crippen LogP contribution in [-0.4, -0.2) is 54.6 Å². The summed E-state index contributed by atoms with van der Waals surface area (Å²) in [6, 6.07) is 10.1. The second-order valence-corrected chi connectivity index (χ2v) is 11.8. The molecular formula is C22H30BrN3O3S. The standard InChI is InChI=1S/C22H30BrN3O3S/c1-22(2,11-16-8-17-6-4-5-7-18(17)9-16)25-13-20(27)15-26(3)30(28,29)21-10-19(23)12-24-14-21/h4-7,10,12,14,16,20,25,27H,8-9,11,13,15H2,1-3H3/t20-/m1/s1. The molecule has 0 unspecified atom stereocenters. The molecule has 0 fully saturated rings. The third kappa shape index (κ3) is 5.88. The highest BCUT2D eigenvalue weighted by molar-refractivity contribution is 9.10. The number of aliphatic hydroxyl groups is 1. The van der Waals surface area contributed by atoms with Crippen LogP contribution in [0.4, 0.5) is 0 Å². The van der Waals surface area contributed by atoms with Crippen molar-refractivity contribution in [3.8, 4) is 0 Å². The summed E-state index contributed by atoms with van der Waals surface area (Å²) in [5, 5.41) is 13.9. The SMILES string of the molecule is CN(C[C@H](O)CNC(C)(C)CC1Cc2ccccc2C1)S(=O)(=O)c1cncc(Br)c1. The zero-order valence-corrected chi connectivity index (χ0v) is 20.1. The summed E-state index contributed by atoms with van der Waals surface area (Å²) in [6.07, 6.45) is 5.19. The summed E-state index contributed by atoms with van der Waals surface area (Å²) < 4.78 is 27.1. The number of aliphatic hydroxyl groups excluding tert-OH is 1. The zero-order chi connectivity index (χ0) is 21.9. The number of hydrogen-bond acceptors (Lipinski definition) is 5. The predicted molar refractivity (Wildman–Crippen MR) is 122 cm³/mol. The van der Waals surface area contributed by atoms with E-state index in [4.69, 9.17) is 0 Å². The van der Waals surface area contributed by atoms with Crippen LogP contribution in [0.15, 0.2) is 52.1 Å². The maximum atomic E-state index is 12.7. The molecule has 1 aromatic heterocycles. The van der Waals surface area contributed by atoms with Gasteiger partial charge >= 0.3 is 0 Å². The van der Waals surface area contributed by atoms with E-state index in [1.54, 1.807) is 0 Å². The minimum absolute atomic E-state index is 0.00674. The topological polar surface area (TPSA) is 82.5 Å². The number of pyridine rings is 1. The van der Waals surface area contributed by atoms with E-state index in [0.29, 0.717) is 16.9 Å². The van der Waals surface area contributed by atoms with Crippen LogP contribution in [0.1, 0.15) is 31.4 Å². The van der Waals surface area contributed by atoms with Crippen molar-refractivity contribution >= 4 is 26.0 Å². The number of likely N-dealkylation sites (N-methyl/N-ethyl adjacent to an activating group) is 1. The molecule has 2 N–H and O–H groups in total. The highest BCUT2D eigenvalue weighted by Crippen LogP contribution is 2.31. The van der Waals surface area contributed by atoms with Crippen LogP contribution in [0.2, 0.25) is 0 Å². The molecule has 2 aromatic rings. The number of halogens is 1. The second-order valence-electron chi connectivity index (χ2n) is 8.79. The number of β-amino-alcohol motifs (C(OH)–C–C–N with tert-alkyl or cyclic N) is 1. The van der Waals surface area contributed by atoms with Crippen LogP contribution in [0, 0.1) is 5.92 Å². The first-order valence-corrected chi connectivity index (χ1v) is 12.4. The zero-order valence-electron chi connectivity index (χ0n) is 17.7. The first-order valence-electron chi connectivity index (χ1n) is 10.1. The molecule has 1 aromatic carbocycles. The van der Waals surface area contributed by atoms with Gasteiger partial charge in [0.15, 0.2) is 0 Å². The normalized spacial score (nSPS) is 16.1. The van der Waals surface area contributed by atoms with Gasteiger partial charge in [-0.15, -0.1) is 0 Å². The van der Waals surface area contributed by atoms with Crippen molar-refractivity contribution < 1.29 is 13.5 Å². The number of rotatable bonds is 9. The van der Waals surface area contributed by atoms with Gasteiger partial charge in [0, 0.05) is 42.5 Å². The fourth-order valence-corrected chi connectivity index (χ4v) is 5.87. The van der Waals surface area contributed by atoms with Gasteiger partial charge in [0.25, 0.3) is 0 Å². The lowest BCUT2D eigenvalue weighted by Crippen LogP contribution is -2.47. The molecule has 8 heteroatoms. The molecule has 3 rings (SSSR count). The lowest BCUT2D eigenvalue weighted by molar-refractivity contribution is 0.135. The van der Waals surface area contributed by atoms with Crippen LogP contribution in [0.25, 0.3) is 0 Å². The molecule has 0 saturated carbocycles. The molecule has 1 atom stereocenters. The third-order valence-corrected chi connectivity index (χ3v) is 7.83. The van der Waals surface area contributed by atoms with Gasteiger partial charge in [-0.25, -0.2) is 8.42 Å².